The Labute approximate surface area is 262 Å². The largest absolute Gasteiger partial charge is 0.484 e. The van der Waals surface area contributed by atoms with E-state index in [2.05, 4.69) is 10.6 Å². The highest BCUT2D eigenvalue weighted by Crippen LogP contribution is 2.47. The molecule has 3 amide bonds. The van der Waals surface area contributed by atoms with E-state index < -0.39 is 41.0 Å². The molecule has 10 nitrogen and oxygen atoms in total. The van der Waals surface area contributed by atoms with Crippen LogP contribution >= 0.6 is 0 Å². The number of ketones is 1. The average molecular weight is 614 g/mol. The van der Waals surface area contributed by atoms with Crippen molar-refractivity contribution < 1.29 is 33.8 Å². The van der Waals surface area contributed by atoms with E-state index in [9.17, 15) is 24.3 Å². The van der Waals surface area contributed by atoms with E-state index in [4.69, 9.17) is 9.47 Å². The summed E-state index contributed by atoms with van der Waals surface area (Å²) in [4.78, 5) is 55.8. The molecule has 2 aliphatic rings. The smallest absolute Gasteiger partial charge is 0.260 e. The fraction of sp³-hybridized carbons (Fsp3) is 0.371. The molecule has 0 aromatic heterocycles. The number of amides is 3. The third kappa shape index (κ3) is 7.24. The maximum Gasteiger partial charge on any atom is 0.260 e. The Morgan fingerprint density at radius 1 is 0.889 bits per heavy atom. The Kier molecular flexibility index (Phi) is 9.65. The molecule has 0 spiro atoms. The minimum atomic E-state index is -1.74. The minimum absolute atomic E-state index is 0.154. The summed E-state index contributed by atoms with van der Waals surface area (Å²) in [6, 6.07) is 21.1. The molecule has 0 radical (unpaired) electrons. The summed E-state index contributed by atoms with van der Waals surface area (Å²) >= 11 is 0. The summed E-state index contributed by atoms with van der Waals surface area (Å²) in [6.07, 6.45) is -0.369. The number of nitrogens with zero attached hydrogens (tertiary/aromatic N) is 1. The van der Waals surface area contributed by atoms with E-state index in [0.717, 1.165) is 11.1 Å². The van der Waals surface area contributed by atoms with Crippen molar-refractivity contribution in [2.24, 2.45) is 11.8 Å². The first-order chi connectivity index (χ1) is 21.5. The van der Waals surface area contributed by atoms with Crippen molar-refractivity contribution in [3.8, 4) is 5.75 Å². The molecule has 45 heavy (non-hydrogen) atoms. The number of benzene rings is 3. The SMILES string of the molecule is Cc1ccccc1NC(=O)C1C(=O)CC(C)(O)C(C(=O)Nc2ccccc2C)C1c1ccc(OCC(=O)N2CCOCC2)cc1. The zero-order valence-corrected chi connectivity index (χ0v) is 25.7. The fourth-order valence-electron chi connectivity index (χ4n) is 6.17. The number of hydrogen-bond donors (Lipinski definition) is 3. The van der Waals surface area contributed by atoms with Crippen molar-refractivity contribution in [2.45, 2.75) is 38.7 Å². The lowest BCUT2D eigenvalue weighted by Crippen LogP contribution is -2.56. The molecule has 2 fully saturated rings. The first-order valence-corrected chi connectivity index (χ1v) is 15.1. The van der Waals surface area contributed by atoms with Gasteiger partial charge in [-0.2, -0.15) is 0 Å². The lowest BCUT2D eigenvalue weighted by molar-refractivity contribution is -0.151. The third-order valence-corrected chi connectivity index (χ3v) is 8.63. The Balaban J connectivity index is 1.46. The van der Waals surface area contributed by atoms with E-state index in [1.54, 1.807) is 53.4 Å². The van der Waals surface area contributed by atoms with Crippen LogP contribution in [0.1, 0.15) is 36.0 Å². The van der Waals surface area contributed by atoms with Crippen LogP contribution in [0.2, 0.25) is 0 Å². The van der Waals surface area contributed by atoms with Crippen LogP contribution in [-0.4, -0.2) is 72.0 Å². The normalized spacial score (nSPS) is 23.2. The van der Waals surface area contributed by atoms with Gasteiger partial charge in [-0.05, 0) is 61.7 Å². The highest BCUT2D eigenvalue weighted by molar-refractivity contribution is 6.10. The predicted molar refractivity (Wildman–Crippen MR) is 169 cm³/mol. The summed E-state index contributed by atoms with van der Waals surface area (Å²) in [7, 11) is 0. The van der Waals surface area contributed by atoms with Crippen LogP contribution in [0.5, 0.6) is 5.75 Å². The van der Waals surface area contributed by atoms with Gasteiger partial charge in [0.05, 0.1) is 24.7 Å². The molecule has 1 saturated heterocycles. The number of carbonyl (C=O) groups is 4. The summed E-state index contributed by atoms with van der Waals surface area (Å²) < 4.78 is 11.1. The quantitative estimate of drug-likeness (QED) is 0.329. The molecule has 1 saturated carbocycles. The van der Waals surface area contributed by atoms with E-state index >= 15 is 0 Å². The van der Waals surface area contributed by atoms with Crippen molar-refractivity contribution in [3.63, 3.8) is 0 Å². The molecule has 3 aromatic rings. The van der Waals surface area contributed by atoms with Gasteiger partial charge < -0.3 is 30.1 Å². The van der Waals surface area contributed by atoms with Gasteiger partial charge in [0.2, 0.25) is 11.8 Å². The van der Waals surface area contributed by atoms with Gasteiger partial charge >= 0.3 is 0 Å². The Bertz CT molecular complexity index is 1560. The summed E-state index contributed by atoms with van der Waals surface area (Å²) in [5.41, 5.74) is 1.54. The molecule has 1 aliphatic heterocycles. The average Bonchev–Trinajstić information content (AvgIpc) is 3.02. The predicted octanol–water partition coefficient (Wildman–Crippen LogP) is 3.86. The number of carbonyl (C=O) groups excluding carboxylic acids is 4. The van der Waals surface area contributed by atoms with Crippen molar-refractivity contribution in [1.29, 1.82) is 0 Å². The van der Waals surface area contributed by atoms with Gasteiger partial charge in [0.15, 0.2) is 6.61 Å². The van der Waals surface area contributed by atoms with Crippen molar-refractivity contribution in [3.05, 3.63) is 89.5 Å². The van der Waals surface area contributed by atoms with Gasteiger partial charge in [-0.1, -0.05) is 48.5 Å². The van der Waals surface area contributed by atoms with Crippen molar-refractivity contribution in [1.82, 2.24) is 4.90 Å². The Hall–Kier alpha value is -4.54. The zero-order valence-electron chi connectivity index (χ0n) is 25.7. The van der Waals surface area contributed by atoms with Crippen LogP contribution in [0.3, 0.4) is 0 Å². The van der Waals surface area contributed by atoms with Crippen LogP contribution in [0.4, 0.5) is 11.4 Å². The maximum atomic E-state index is 14.0. The second kappa shape index (κ2) is 13.6. The molecule has 1 aliphatic carbocycles. The number of Topliss-reactive ketones (excluding diaryl/α,β-unsaturated/α-hetero) is 1. The Morgan fingerprint density at radius 2 is 1.44 bits per heavy atom. The number of hydrogen-bond acceptors (Lipinski definition) is 7. The van der Waals surface area contributed by atoms with Crippen LogP contribution in [-0.2, 0) is 23.9 Å². The molecule has 3 N–H and O–H groups in total. The van der Waals surface area contributed by atoms with E-state index in [1.165, 1.54) is 6.92 Å². The lowest BCUT2D eigenvalue weighted by Gasteiger charge is -2.44. The first kappa shape index (κ1) is 31.9. The molecule has 5 rings (SSSR count). The number of anilines is 2. The van der Waals surface area contributed by atoms with E-state index in [0.29, 0.717) is 49.0 Å². The zero-order chi connectivity index (χ0) is 32.1. The van der Waals surface area contributed by atoms with E-state index in [1.807, 2.05) is 38.1 Å². The van der Waals surface area contributed by atoms with Gasteiger partial charge in [0.25, 0.3) is 5.91 Å². The molecular formula is C35H39N3O7. The molecule has 10 heteroatoms. The van der Waals surface area contributed by atoms with Gasteiger partial charge in [-0.25, -0.2) is 0 Å². The first-order valence-electron chi connectivity index (χ1n) is 15.1. The van der Waals surface area contributed by atoms with Crippen LogP contribution in [0.25, 0.3) is 0 Å². The number of nitrogens with one attached hydrogen (secondary N) is 2. The van der Waals surface area contributed by atoms with Crippen molar-refractivity contribution >= 4 is 34.9 Å². The third-order valence-electron chi connectivity index (χ3n) is 8.63. The summed E-state index contributed by atoms with van der Waals surface area (Å²) in [6.45, 7) is 7.01. The maximum absolute atomic E-state index is 14.0. The number of ether oxygens (including phenoxy) is 2. The fourth-order valence-corrected chi connectivity index (χ4v) is 6.17. The Morgan fingerprint density at radius 3 is 2.02 bits per heavy atom. The number of morpholine rings is 1. The molecule has 3 aromatic carbocycles. The summed E-state index contributed by atoms with van der Waals surface area (Å²) in [5, 5.41) is 17.4. The topological polar surface area (TPSA) is 134 Å². The van der Waals surface area contributed by atoms with Gasteiger partial charge in [0, 0.05) is 36.8 Å². The second-order valence-electron chi connectivity index (χ2n) is 11.9. The standard InChI is InChI=1S/C35H39N3O7/c1-22-8-4-6-10-26(22)36-33(41)31-28(39)20-35(3,43)32(34(42)37-27-11-7-5-9-23(27)2)30(31)24-12-14-25(15-13-24)45-21-29(40)38-16-18-44-19-17-38/h4-15,30-32,43H,16-21H2,1-3H3,(H,36,41)(H,37,42). The van der Waals surface area contributed by atoms with E-state index in [-0.39, 0.29) is 18.9 Å². The highest BCUT2D eigenvalue weighted by Gasteiger charge is 2.56. The van der Waals surface area contributed by atoms with Crippen LogP contribution in [0, 0.1) is 25.7 Å². The number of para-hydroxylation sites is 2. The monoisotopic (exact) mass is 613 g/mol. The van der Waals surface area contributed by atoms with Crippen molar-refractivity contribution in [2.75, 3.05) is 43.5 Å². The highest BCUT2D eigenvalue weighted by atomic mass is 16.5. The molecule has 1 heterocycles. The van der Waals surface area contributed by atoms with Gasteiger partial charge in [0.1, 0.15) is 17.5 Å². The van der Waals surface area contributed by atoms with Crippen LogP contribution < -0.4 is 15.4 Å². The molecule has 0 bridgehead atoms. The molecule has 4 atom stereocenters. The van der Waals surface area contributed by atoms with Gasteiger partial charge in [-0.15, -0.1) is 0 Å². The molecule has 4 unspecified atom stereocenters. The lowest BCUT2D eigenvalue weighted by atomic mass is 9.61. The minimum Gasteiger partial charge on any atom is -0.484 e. The van der Waals surface area contributed by atoms with Crippen LogP contribution in [0.15, 0.2) is 72.8 Å². The number of aliphatic hydroxyl groups is 1. The van der Waals surface area contributed by atoms with Gasteiger partial charge in [-0.3, -0.25) is 19.2 Å². The molecule has 236 valence electrons. The number of rotatable bonds is 8. The number of aryl methyl sites for hydroxylation is 2. The molecular weight excluding hydrogens is 574 g/mol. The summed E-state index contributed by atoms with van der Waals surface area (Å²) in [5.74, 6) is -4.68. The second-order valence-corrected chi connectivity index (χ2v) is 11.9.